The molecule has 8 nitrogen and oxygen atoms in total. The highest BCUT2D eigenvalue weighted by Crippen LogP contribution is 2.33. The second kappa shape index (κ2) is 10.6. The predicted molar refractivity (Wildman–Crippen MR) is 129 cm³/mol. The van der Waals surface area contributed by atoms with E-state index in [1.807, 2.05) is 59.5 Å². The number of nitrogens with two attached hydrogens (primary N) is 1. The van der Waals surface area contributed by atoms with Crippen LogP contribution >= 0.6 is 23.1 Å². The Morgan fingerprint density at radius 3 is 2.44 bits per heavy atom. The SMILES string of the molecule is Nc1nc2nc(SCc3cccc(Oc4ccccc4)c3)nc(N(CCO)CCO)c2s1. The van der Waals surface area contributed by atoms with Gasteiger partial charge in [-0.25, -0.2) is 15.0 Å². The van der Waals surface area contributed by atoms with Crippen LogP contribution in [0.2, 0.25) is 0 Å². The van der Waals surface area contributed by atoms with E-state index in [0.29, 0.717) is 40.6 Å². The van der Waals surface area contributed by atoms with Gasteiger partial charge in [0.05, 0.1) is 13.2 Å². The lowest BCUT2D eigenvalue weighted by Crippen LogP contribution is -2.30. The Labute approximate surface area is 193 Å². The van der Waals surface area contributed by atoms with Gasteiger partial charge in [0.15, 0.2) is 21.8 Å². The number of aromatic nitrogens is 3. The molecule has 0 aliphatic carbocycles. The van der Waals surface area contributed by atoms with E-state index >= 15 is 0 Å². The van der Waals surface area contributed by atoms with E-state index in [0.717, 1.165) is 21.8 Å². The molecular formula is C22H23N5O3S2. The summed E-state index contributed by atoms with van der Waals surface area (Å²) in [6.07, 6.45) is 0. The van der Waals surface area contributed by atoms with Crippen molar-refractivity contribution < 1.29 is 14.9 Å². The Kier molecular flexibility index (Phi) is 7.38. The molecule has 0 saturated carbocycles. The first kappa shape index (κ1) is 22.3. The van der Waals surface area contributed by atoms with Crippen LogP contribution in [-0.2, 0) is 5.75 Å². The van der Waals surface area contributed by atoms with Crippen LogP contribution in [0.15, 0.2) is 59.8 Å². The Balaban J connectivity index is 1.55. The number of thiazole rings is 1. The Morgan fingerprint density at radius 1 is 0.938 bits per heavy atom. The maximum absolute atomic E-state index is 9.43. The molecule has 0 aliphatic heterocycles. The zero-order valence-corrected chi connectivity index (χ0v) is 18.9. The summed E-state index contributed by atoms with van der Waals surface area (Å²) in [4.78, 5) is 15.4. The topological polar surface area (TPSA) is 118 Å². The van der Waals surface area contributed by atoms with Crippen LogP contribution < -0.4 is 15.4 Å². The summed E-state index contributed by atoms with van der Waals surface area (Å²) in [5.74, 6) is 2.80. The maximum Gasteiger partial charge on any atom is 0.191 e. The van der Waals surface area contributed by atoms with Crippen molar-refractivity contribution in [1.82, 2.24) is 15.0 Å². The standard InChI is InChI=1S/C22H23N5O3S2/c23-21-24-19-18(32-21)20(27(9-11-28)10-12-29)26-22(25-19)31-14-15-5-4-8-17(13-15)30-16-6-2-1-3-7-16/h1-8,13,28-29H,9-12,14H2,(H2,23,24,25,26). The Hall–Kier alpha value is -2.92. The van der Waals surface area contributed by atoms with Gasteiger partial charge in [-0.1, -0.05) is 53.4 Å². The summed E-state index contributed by atoms with van der Waals surface area (Å²) in [6, 6.07) is 17.5. The van der Waals surface area contributed by atoms with Crippen LogP contribution in [0.4, 0.5) is 10.9 Å². The molecule has 0 fully saturated rings. The van der Waals surface area contributed by atoms with Crippen LogP contribution in [0.1, 0.15) is 5.56 Å². The fourth-order valence-electron chi connectivity index (χ4n) is 3.12. The number of hydrogen-bond acceptors (Lipinski definition) is 10. The minimum atomic E-state index is -0.0591. The molecule has 2 heterocycles. The number of aliphatic hydroxyl groups excluding tert-OH is 2. The van der Waals surface area contributed by atoms with E-state index in [1.54, 1.807) is 0 Å². The van der Waals surface area contributed by atoms with Gasteiger partial charge in [-0.05, 0) is 29.8 Å². The maximum atomic E-state index is 9.43. The van der Waals surface area contributed by atoms with E-state index in [9.17, 15) is 10.2 Å². The van der Waals surface area contributed by atoms with Gasteiger partial charge >= 0.3 is 0 Å². The minimum absolute atomic E-state index is 0.0591. The lowest BCUT2D eigenvalue weighted by Gasteiger charge is -2.22. The molecule has 4 rings (SSSR count). The summed E-state index contributed by atoms with van der Waals surface area (Å²) in [6.45, 7) is 0.563. The fourth-order valence-corrected chi connectivity index (χ4v) is 4.69. The van der Waals surface area contributed by atoms with Crippen LogP contribution in [0.3, 0.4) is 0 Å². The second-order valence-electron chi connectivity index (χ2n) is 6.82. The van der Waals surface area contributed by atoms with Gasteiger partial charge in [0, 0.05) is 18.8 Å². The monoisotopic (exact) mass is 469 g/mol. The Bertz CT molecular complexity index is 1170. The van der Waals surface area contributed by atoms with Gasteiger partial charge in [0.1, 0.15) is 16.2 Å². The number of aliphatic hydroxyl groups is 2. The molecule has 10 heteroatoms. The molecule has 0 spiro atoms. The molecule has 4 N–H and O–H groups in total. The highest BCUT2D eigenvalue weighted by molar-refractivity contribution is 7.98. The molecule has 4 aromatic rings. The highest BCUT2D eigenvalue weighted by Gasteiger charge is 2.18. The van der Waals surface area contributed by atoms with Gasteiger partial charge in [-0.15, -0.1) is 0 Å². The lowest BCUT2D eigenvalue weighted by atomic mass is 10.2. The molecule has 2 aromatic heterocycles. The number of nitrogen functional groups attached to an aromatic ring is 1. The van der Waals surface area contributed by atoms with Gasteiger partial charge in [-0.3, -0.25) is 0 Å². The van der Waals surface area contributed by atoms with Gasteiger partial charge in [0.25, 0.3) is 0 Å². The molecule has 32 heavy (non-hydrogen) atoms. The molecule has 0 unspecified atom stereocenters. The average molecular weight is 470 g/mol. The average Bonchev–Trinajstić information content (AvgIpc) is 3.18. The molecule has 0 bridgehead atoms. The number of ether oxygens (including phenoxy) is 1. The van der Waals surface area contributed by atoms with Gasteiger partial charge in [0.2, 0.25) is 0 Å². The van der Waals surface area contributed by atoms with Crippen molar-refractivity contribution in [3.05, 3.63) is 60.2 Å². The number of rotatable bonds is 10. The quantitative estimate of drug-likeness (QED) is 0.237. The first-order valence-corrected chi connectivity index (χ1v) is 11.8. The molecule has 2 aromatic carbocycles. The molecule has 0 atom stereocenters. The Morgan fingerprint density at radius 2 is 1.69 bits per heavy atom. The van der Waals surface area contributed by atoms with E-state index in [1.165, 1.54) is 23.1 Å². The normalized spacial score (nSPS) is 11.1. The molecule has 0 aliphatic rings. The summed E-state index contributed by atoms with van der Waals surface area (Å²) in [5.41, 5.74) is 7.48. The fraction of sp³-hybridized carbons (Fsp3) is 0.227. The third-order valence-corrected chi connectivity index (χ3v) is 6.30. The van der Waals surface area contributed by atoms with Crippen molar-refractivity contribution in [3.8, 4) is 11.5 Å². The van der Waals surface area contributed by atoms with Crippen molar-refractivity contribution in [2.75, 3.05) is 36.9 Å². The largest absolute Gasteiger partial charge is 0.457 e. The predicted octanol–water partition coefficient (Wildman–Crippen LogP) is 3.54. The van der Waals surface area contributed by atoms with E-state index < -0.39 is 0 Å². The van der Waals surface area contributed by atoms with Crippen molar-refractivity contribution >= 4 is 44.4 Å². The first-order chi connectivity index (χ1) is 15.7. The zero-order valence-electron chi connectivity index (χ0n) is 17.2. The van der Waals surface area contributed by atoms with Crippen molar-refractivity contribution in [2.24, 2.45) is 0 Å². The van der Waals surface area contributed by atoms with Crippen LogP contribution in [-0.4, -0.2) is 51.5 Å². The second-order valence-corrected chi connectivity index (χ2v) is 8.79. The number of fused-ring (bicyclic) bond motifs is 1. The van der Waals surface area contributed by atoms with Crippen molar-refractivity contribution in [2.45, 2.75) is 10.9 Å². The minimum Gasteiger partial charge on any atom is -0.457 e. The smallest absolute Gasteiger partial charge is 0.191 e. The zero-order chi connectivity index (χ0) is 22.3. The van der Waals surface area contributed by atoms with Crippen molar-refractivity contribution in [1.29, 1.82) is 0 Å². The summed E-state index contributed by atoms with van der Waals surface area (Å²) < 4.78 is 6.66. The third kappa shape index (κ3) is 5.46. The number of para-hydroxylation sites is 1. The number of nitrogens with zero attached hydrogens (tertiary/aromatic N) is 4. The first-order valence-electron chi connectivity index (χ1n) is 10.0. The summed E-state index contributed by atoms with van der Waals surface area (Å²) >= 11 is 2.77. The van der Waals surface area contributed by atoms with Crippen molar-refractivity contribution in [3.63, 3.8) is 0 Å². The van der Waals surface area contributed by atoms with E-state index in [2.05, 4.69) is 9.97 Å². The summed E-state index contributed by atoms with van der Waals surface area (Å²) in [5, 5.41) is 19.8. The molecule has 166 valence electrons. The molecule has 0 radical (unpaired) electrons. The van der Waals surface area contributed by atoms with Crippen LogP contribution in [0, 0.1) is 0 Å². The number of anilines is 2. The number of thioether (sulfide) groups is 1. The van der Waals surface area contributed by atoms with E-state index in [-0.39, 0.29) is 13.2 Å². The molecule has 0 saturated heterocycles. The number of benzene rings is 2. The molecule has 0 amide bonds. The third-order valence-electron chi connectivity index (χ3n) is 4.52. The lowest BCUT2D eigenvalue weighted by molar-refractivity contribution is 0.280. The number of hydrogen-bond donors (Lipinski definition) is 3. The van der Waals surface area contributed by atoms with Crippen LogP contribution in [0.25, 0.3) is 10.3 Å². The van der Waals surface area contributed by atoms with Crippen LogP contribution in [0.5, 0.6) is 11.5 Å². The summed E-state index contributed by atoms with van der Waals surface area (Å²) in [7, 11) is 0. The van der Waals surface area contributed by atoms with Gasteiger partial charge in [-0.2, -0.15) is 0 Å². The van der Waals surface area contributed by atoms with Gasteiger partial charge < -0.3 is 25.6 Å². The molecular weight excluding hydrogens is 446 g/mol. The highest BCUT2D eigenvalue weighted by atomic mass is 32.2. The van der Waals surface area contributed by atoms with E-state index in [4.69, 9.17) is 15.5 Å².